The molecule has 0 bridgehead atoms. The highest BCUT2D eigenvalue weighted by molar-refractivity contribution is 7.17. The van der Waals surface area contributed by atoms with Crippen LogP contribution in [0.5, 0.6) is 0 Å². The van der Waals surface area contributed by atoms with Crippen molar-refractivity contribution in [2.75, 3.05) is 39.4 Å². The average molecular weight is 359 g/mol. The summed E-state index contributed by atoms with van der Waals surface area (Å²) < 4.78 is 5.57. The van der Waals surface area contributed by atoms with Crippen molar-refractivity contribution in [3.05, 3.63) is 29.0 Å². The van der Waals surface area contributed by atoms with Gasteiger partial charge in [0.2, 0.25) is 0 Å². The van der Waals surface area contributed by atoms with Gasteiger partial charge in [-0.05, 0) is 12.5 Å². The van der Waals surface area contributed by atoms with Crippen molar-refractivity contribution in [3.8, 4) is 10.8 Å². The standard InChI is InChI=1S/C17H21N5O2S/c1-2-13-14(25-16(20-13)15-18-4-3-5-19-15)17(23)22-7-6-21-8-9-24-11-12(21)10-22/h3-5,12H,2,6-11H2,1H3. The summed E-state index contributed by atoms with van der Waals surface area (Å²) in [6, 6.07) is 2.08. The van der Waals surface area contributed by atoms with Crippen molar-refractivity contribution in [3.63, 3.8) is 0 Å². The van der Waals surface area contributed by atoms with Crippen molar-refractivity contribution in [1.82, 2.24) is 24.8 Å². The summed E-state index contributed by atoms with van der Waals surface area (Å²) in [5, 5.41) is 0.709. The fourth-order valence-corrected chi connectivity index (χ4v) is 4.41. The molecule has 25 heavy (non-hydrogen) atoms. The Labute approximate surface area is 150 Å². The number of thiazole rings is 1. The second kappa shape index (κ2) is 7.15. The molecule has 2 aliphatic heterocycles. The lowest BCUT2D eigenvalue weighted by Gasteiger charge is -2.43. The Kier molecular flexibility index (Phi) is 4.74. The minimum absolute atomic E-state index is 0.0711. The molecule has 2 aromatic rings. The Morgan fingerprint density at radius 1 is 1.32 bits per heavy atom. The number of rotatable bonds is 3. The molecule has 2 saturated heterocycles. The van der Waals surface area contributed by atoms with Gasteiger partial charge in [-0.15, -0.1) is 11.3 Å². The second-order valence-corrected chi connectivity index (χ2v) is 7.24. The Balaban J connectivity index is 1.56. The van der Waals surface area contributed by atoms with Gasteiger partial charge in [-0.3, -0.25) is 9.69 Å². The molecule has 1 amide bonds. The summed E-state index contributed by atoms with van der Waals surface area (Å²) >= 11 is 1.40. The molecule has 4 heterocycles. The van der Waals surface area contributed by atoms with Crippen molar-refractivity contribution < 1.29 is 9.53 Å². The van der Waals surface area contributed by atoms with Crippen LogP contribution in [0.15, 0.2) is 18.5 Å². The molecule has 0 aliphatic carbocycles. The highest BCUT2D eigenvalue weighted by Crippen LogP contribution is 2.28. The molecule has 2 fully saturated rings. The van der Waals surface area contributed by atoms with E-state index >= 15 is 0 Å². The van der Waals surface area contributed by atoms with E-state index in [1.54, 1.807) is 18.5 Å². The molecule has 4 rings (SSSR count). The van der Waals surface area contributed by atoms with E-state index in [9.17, 15) is 4.79 Å². The first kappa shape index (κ1) is 16.6. The van der Waals surface area contributed by atoms with Crippen LogP contribution in [0.2, 0.25) is 0 Å². The summed E-state index contributed by atoms with van der Waals surface area (Å²) in [5.74, 6) is 0.647. The molecule has 132 valence electrons. The smallest absolute Gasteiger partial charge is 0.265 e. The molecule has 2 aromatic heterocycles. The molecule has 0 aromatic carbocycles. The van der Waals surface area contributed by atoms with Gasteiger partial charge in [0.05, 0.1) is 24.9 Å². The molecule has 8 heteroatoms. The van der Waals surface area contributed by atoms with E-state index < -0.39 is 0 Å². The Bertz CT molecular complexity index is 751. The van der Waals surface area contributed by atoms with E-state index in [2.05, 4.69) is 19.9 Å². The third kappa shape index (κ3) is 3.29. The topological polar surface area (TPSA) is 71.5 Å². The zero-order valence-electron chi connectivity index (χ0n) is 14.2. The molecule has 7 nitrogen and oxygen atoms in total. The second-order valence-electron chi connectivity index (χ2n) is 6.24. The van der Waals surface area contributed by atoms with E-state index in [0.717, 1.165) is 49.8 Å². The maximum Gasteiger partial charge on any atom is 0.265 e. The summed E-state index contributed by atoms with van der Waals surface area (Å²) in [4.78, 5) is 31.3. The molecule has 2 aliphatic rings. The third-order valence-corrected chi connectivity index (χ3v) is 5.79. The van der Waals surface area contributed by atoms with Crippen molar-refractivity contribution in [2.24, 2.45) is 0 Å². The molecule has 0 spiro atoms. The third-order valence-electron chi connectivity index (χ3n) is 4.71. The number of hydrogen-bond acceptors (Lipinski definition) is 7. The predicted molar refractivity (Wildman–Crippen MR) is 94.6 cm³/mol. The Morgan fingerprint density at radius 3 is 2.96 bits per heavy atom. The van der Waals surface area contributed by atoms with Crippen LogP contribution in [0, 0.1) is 0 Å². The summed E-state index contributed by atoms with van der Waals surface area (Å²) in [5.41, 5.74) is 0.833. The minimum atomic E-state index is 0.0711. The number of hydrogen-bond donors (Lipinski definition) is 0. The Morgan fingerprint density at radius 2 is 2.16 bits per heavy atom. The predicted octanol–water partition coefficient (Wildman–Crippen LogP) is 1.32. The van der Waals surface area contributed by atoms with Crippen molar-refractivity contribution in [2.45, 2.75) is 19.4 Å². The molecule has 0 saturated carbocycles. The molecule has 1 atom stereocenters. The monoisotopic (exact) mass is 359 g/mol. The highest BCUT2D eigenvalue weighted by Gasteiger charge is 2.33. The Hall–Kier alpha value is -1.90. The van der Waals surface area contributed by atoms with E-state index in [1.807, 2.05) is 11.8 Å². The molecule has 0 N–H and O–H groups in total. The van der Waals surface area contributed by atoms with Gasteiger partial charge in [-0.2, -0.15) is 0 Å². The highest BCUT2D eigenvalue weighted by atomic mass is 32.1. The van der Waals surface area contributed by atoms with E-state index in [-0.39, 0.29) is 5.91 Å². The first-order chi connectivity index (χ1) is 12.3. The maximum absolute atomic E-state index is 13.1. The average Bonchev–Trinajstić information content (AvgIpc) is 3.12. The lowest BCUT2D eigenvalue weighted by atomic mass is 10.1. The van der Waals surface area contributed by atoms with E-state index in [0.29, 0.717) is 23.5 Å². The maximum atomic E-state index is 13.1. The van der Waals surface area contributed by atoms with Crippen LogP contribution in [0.4, 0.5) is 0 Å². The number of amides is 1. The normalized spacial score (nSPS) is 21.2. The number of piperazine rings is 1. The van der Waals surface area contributed by atoms with Crippen LogP contribution in [-0.2, 0) is 11.2 Å². The molecule has 0 radical (unpaired) electrons. The van der Waals surface area contributed by atoms with Gasteiger partial charge in [0.25, 0.3) is 5.91 Å². The summed E-state index contributed by atoms with van der Waals surface area (Å²) in [6.45, 7) is 6.87. The molecular formula is C17H21N5O2S. The number of aromatic nitrogens is 3. The first-order valence-corrected chi connectivity index (χ1v) is 9.46. The fraction of sp³-hybridized carbons (Fsp3) is 0.529. The van der Waals surface area contributed by atoms with Gasteiger partial charge in [-0.1, -0.05) is 6.92 Å². The van der Waals surface area contributed by atoms with E-state index in [1.165, 1.54) is 11.3 Å². The number of nitrogens with zero attached hydrogens (tertiary/aromatic N) is 5. The van der Waals surface area contributed by atoms with Gasteiger partial charge >= 0.3 is 0 Å². The van der Waals surface area contributed by atoms with Gasteiger partial charge < -0.3 is 9.64 Å². The van der Waals surface area contributed by atoms with Crippen LogP contribution in [-0.4, -0.2) is 76.1 Å². The number of carbonyl (C=O) groups excluding carboxylic acids is 1. The summed E-state index contributed by atoms with van der Waals surface area (Å²) in [7, 11) is 0. The van der Waals surface area contributed by atoms with Gasteiger partial charge in [0.1, 0.15) is 4.88 Å². The quantitative estimate of drug-likeness (QED) is 0.823. The molecular weight excluding hydrogens is 338 g/mol. The van der Waals surface area contributed by atoms with Crippen LogP contribution in [0.1, 0.15) is 22.3 Å². The number of ether oxygens (including phenoxy) is 1. The van der Waals surface area contributed by atoms with Crippen LogP contribution >= 0.6 is 11.3 Å². The first-order valence-electron chi connectivity index (χ1n) is 8.64. The lowest BCUT2D eigenvalue weighted by molar-refractivity contribution is -0.0394. The van der Waals surface area contributed by atoms with Gasteiger partial charge in [0.15, 0.2) is 10.8 Å². The molecule has 1 unspecified atom stereocenters. The van der Waals surface area contributed by atoms with E-state index in [4.69, 9.17) is 4.74 Å². The largest absolute Gasteiger partial charge is 0.378 e. The number of morpholine rings is 1. The minimum Gasteiger partial charge on any atom is -0.378 e. The number of aryl methyl sites for hydroxylation is 1. The van der Waals surface area contributed by atoms with Crippen LogP contribution < -0.4 is 0 Å². The summed E-state index contributed by atoms with van der Waals surface area (Å²) in [6.07, 6.45) is 4.11. The zero-order chi connectivity index (χ0) is 17.2. The van der Waals surface area contributed by atoms with Crippen LogP contribution in [0.3, 0.4) is 0 Å². The van der Waals surface area contributed by atoms with Gasteiger partial charge in [0, 0.05) is 38.6 Å². The lowest BCUT2D eigenvalue weighted by Crippen LogP contribution is -2.59. The SMILES string of the molecule is CCc1nc(-c2ncccn2)sc1C(=O)N1CCN2CCOCC2C1. The van der Waals surface area contributed by atoms with Gasteiger partial charge in [-0.25, -0.2) is 15.0 Å². The number of carbonyl (C=O) groups is 1. The number of fused-ring (bicyclic) bond motifs is 1. The fourth-order valence-electron chi connectivity index (χ4n) is 3.34. The zero-order valence-corrected chi connectivity index (χ0v) is 15.0. The van der Waals surface area contributed by atoms with Crippen LogP contribution in [0.25, 0.3) is 10.8 Å². The van der Waals surface area contributed by atoms with Crippen molar-refractivity contribution in [1.29, 1.82) is 0 Å². The van der Waals surface area contributed by atoms with Crippen molar-refractivity contribution >= 4 is 17.2 Å².